The highest BCUT2D eigenvalue weighted by Crippen LogP contribution is 2.35. The van der Waals surface area contributed by atoms with E-state index in [-0.39, 0.29) is 23.5 Å². The van der Waals surface area contributed by atoms with Gasteiger partial charge in [0.25, 0.3) is 5.92 Å². The summed E-state index contributed by atoms with van der Waals surface area (Å²) in [5, 5.41) is 2.79. The van der Waals surface area contributed by atoms with Crippen molar-refractivity contribution in [2.24, 2.45) is 0 Å². The van der Waals surface area contributed by atoms with E-state index in [1.807, 2.05) is 6.92 Å². The highest BCUT2D eigenvalue weighted by atomic mass is 19.4. The first-order chi connectivity index (χ1) is 16.5. The Morgan fingerprint density at radius 3 is 2.63 bits per heavy atom. The molecule has 3 aromatic heterocycles. The van der Waals surface area contributed by atoms with Gasteiger partial charge in [0, 0.05) is 43.2 Å². The highest BCUT2D eigenvalue weighted by Gasteiger charge is 2.45. The first kappa shape index (κ1) is 23.4. The predicted octanol–water partition coefficient (Wildman–Crippen LogP) is 4.11. The van der Waals surface area contributed by atoms with E-state index in [0.717, 1.165) is 42.8 Å². The van der Waals surface area contributed by atoms with Crippen molar-refractivity contribution >= 4 is 17.6 Å². The molecule has 5 heterocycles. The monoisotopic (exact) mass is 494 g/mol. The average Bonchev–Trinajstić information content (AvgIpc) is 3.40. The van der Waals surface area contributed by atoms with Gasteiger partial charge in [-0.1, -0.05) is 0 Å². The number of halogens is 5. The van der Waals surface area contributed by atoms with Crippen LogP contribution in [-0.2, 0) is 12.7 Å². The van der Waals surface area contributed by atoms with Gasteiger partial charge >= 0.3 is 6.18 Å². The summed E-state index contributed by atoms with van der Waals surface area (Å²) in [5.41, 5.74) is 0.780. The van der Waals surface area contributed by atoms with Crippen LogP contribution in [-0.4, -0.2) is 61.9 Å². The Balaban J connectivity index is 1.38. The number of anilines is 3. The van der Waals surface area contributed by atoms with Gasteiger partial charge in [-0.15, -0.1) is 0 Å². The molecule has 8 nitrogen and oxygen atoms in total. The van der Waals surface area contributed by atoms with Crippen LogP contribution in [0.3, 0.4) is 0 Å². The molecular formula is C22H23F5N8. The maximum Gasteiger partial charge on any atom is 0.416 e. The molecule has 2 N–H and O–H groups in total. The lowest BCUT2D eigenvalue weighted by molar-refractivity contribution is -0.137. The molecule has 0 saturated carbocycles. The zero-order chi connectivity index (χ0) is 24.8. The number of alkyl halides is 5. The second kappa shape index (κ2) is 8.70. The third-order valence-electron chi connectivity index (χ3n) is 6.04. The summed E-state index contributed by atoms with van der Waals surface area (Å²) in [6, 6.07) is 3.40. The van der Waals surface area contributed by atoms with Crippen molar-refractivity contribution in [1.82, 2.24) is 29.8 Å². The third kappa shape index (κ3) is 5.34. The SMILES string of the molecule is Cc1ncc(CN2CCC(c3cc(Nc4cc(C(F)(F)F)ccn4)nc(N4CC(F)(F)C4)n3)C2)[nH]1. The molecule has 2 saturated heterocycles. The van der Waals surface area contributed by atoms with Gasteiger partial charge in [0.05, 0.1) is 24.3 Å². The van der Waals surface area contributed by atoms with Crippen LogP contribution in [0.4, 0.5) is 39.5 Å². The molecule has 2 aliphatic rings. The van der Waals surface area contributed by atoms with E-state index in [1.54, 1.807) is 12.3 Å². The highest BCUT2D eigenvalue weighted by molar-refractivity contribution is 5.56. The summed E-state index contributed by atoms with van der Waals surface area (Å²) in [6.45, 7) is 3.05. The molecule has 5 rings (SSSR count). The van der Waals surface area contributed by atoms with E-state index in [4.69, 9.17) is 0 Å². The minimum Gasteiger partial charge on any atom is -0.345 e. The van der Waals surface area contributed by atoms with E-state index < -0.39 is 30.8 Å². The van der Waals surface area contributed by atoms with E-state index in [1.165, 1.54) is 4.90 Å². The first-order valence-electron chi connectivity index (χ1n) is 11.1. The van der Waals surface area contributed by atoms with Crippen molar-refractivity contribution in [3.63, 3.8) is 0 Å². The van der Waals surface area contributed by atoms with Gasteiger partial charge in [0.15, 0.2) is 0 Å². The smallest absolute Gasteiger partial charge is 0.345 e. The summed E-state index contributed by atoms with van der Waals surface area (Å²) >= 11 is 0. The van der Waals surface area contributed by atoms with Crippen molar-refractivity contribution < 1.29 is 22.0 Å². The fraction of sp³-hybridized carbons (Fsp3) is 0.455. The number of aryl methyl sites for hydroxylation is 1. The number of aromatic nitrogens is 5. The normalized spacial score (nSPS) is 20.2. The summed E-state index contributed by atoms with van der Waals surface area (Å²) in [7, 11) is 0. The summed E-state index contributed by atoms with van der Waals surface area (Å²) in [5.74, 6) is -1.70. The van der Waals surface area contributed by atoms with Gasteiger partial charge in [-0.05, 0) is 32.0 Å². The van der Waals surface area contributed by atoms with Gasteiger partial charge in [-0.2, -0.15) is 18.2 Å². The zero-order valence-electron chi connectivity index (χ0n) is 18.8. The Morgan fingerprint density at radius 2 is 1.94 bits per heavy atom. The van der Waals surface area contributed by atoms with Gasteiger partial charge < -0.3 is 15.2 Å². The summed E-state index contributed by atoms with van der Waals surface area (Å²) < 4.78 is 66.3. The fourth-order valence-corrected chi connectivity index (χ4v) is 4.34. The van der Waals surface area contributed by atoms with Gasteiger partial charge in [0.1, 0.15) is 17.5 Å². The molecule has 0 radical (unpaired) electrons. The lowest BCUT2D eigenvalue weighted by Gasteiger charge is -2.38. The maximum atomic E-state index is 13.5. The zero-order valence-corrected chi connectivity index (χ0v) is 18.8. The van der Waals surface area contributed by atoms with Crippen LogP contribution < -0.4 is 10.2 Å². The second-order valence-corrected chi connectivity index (χ2v) is 8.96. The molecule has 13 heteroatoms. The summed E-state index contributed by atoms with van der Waals surface area (Å²) in [4.78, 5) is 23.8. The van der Waals surface area contributed by atoms with Crippen LogP contribution in [0.15, 0.2) is 30.6 Å². The van der Waals surface area contributed by atoms with Gasteiger partial charge in [-0.3, -0.25) is 4.90 Å². The molecule has 0 aliphatic carbocycles. The number of aromatic amines is 1. The van der Waals surface area contributed by atoms with Crippen molar-refractivity contribution in [3.8, 4) is 0 Å². The van der Waals surface area contributed by atoms with E-state index >= 15 is 0 Å². The standard InChI is InChI=1S/C22H23F5N8/c1-13-29-8-16(30-13)10-34-5-3-14(9-34)17-7-19(33-20(31-17)35-11-21(23,24)12-35)32-18-6-15(2-4-28-18)22(25,26)27/h2,4,6-8,14H,3,5,9-12H2,1H3,(H,29,30)(H,28,31,32,33). The quantitative estimate of drug-likeness (QED) is 0.499. The molecular weight excluding hydrogens is 471 g/mol. The molecule has 0 amide bonds. The van der Waals surface area contributed by atoms with Crippen molar-refractivity contribution in [3.05, 3.63) is 53.4 Å². The molecule has 35 heavy (non-hydrogen) atoms. The Kier molecular flexibility index (Phi) is 5.82. The summed E-state index contributed by atoms with van der Waals surface area (Å²) in [6.07, 6.45) is -0.887. The lowest BCUT2D eigenvalue weighted by atomic mass is 10.0. The molecule has 3 aromatic rings. The number of imidazole rings is 1. The van der Waals surface area contributed by atoms with E-state index in [2.05, 4.69) is 35.1 Å². The molecule has 1 unspecified atom stereocenters. The molecule has 1 atom stereocenters. The Bertz CT molecular complexity index is 1200. The van der Waals surface area contributed by atoms with Crippen LogP contribution in [0.5, 0.6) is 0 Å². The minimum atomic E-state index is -4.52. The average molecular weight is 494 g/mol. The Morgan fingerprint density at radius 1 is 1.14 bits per heavy atom. The number of H-pyrrole nitrogens is 1. The van der Waals surface area contributed by atoms with Crippen LogP contribution in [0, 0.1) is 6.92 Å². The maximum absolute atomic E-state index is 13.5. The fourth-order valence-electron chi connectivity index (χ4n) is 4.34. The van der Waals surface area contributed by atoms with Crippen molar-refractivity contribution in [2.45, 2.75) is 37.9 Å². The van der Waals surface area contributed by atoms with Crippen LogP contribution in [0.25, 0.3) is 0 Å². The Labute approximate surface area is 197 Å². The number of nitrogens with one attached hydrogen (secondary N) is 2. The number of hydrogen-bond donors (Lipinski definition) is 2. The first-order valence-corrected chi connectivity index (χ1v) is 11.1. The van der Waals surface area contributed by atoms with Crippen molar-refractivity contribution in [1.29, 1.82) is 0 Å². The molecule has 186 valence electrons. The third-order valence-corrected chi connectivity index (χ3v) is 6.04. The van der Waals surface area contributed by atoms with E-state index in [0.29, 0.717) is 18.8 Å². The van der Waals surface area contributed by atoms with Crippen LogP contribution in [0.2, 0.25) is 0 Å². The Hall–Kier alpha value is -3.35. The number of hydrogen-bond acceptors (Lipinski definition) is 7. The van der Waals surface area contributed by atoms with Crippen LogP contribution >= 0.6 is 0 Å². The van der Waals surface area contributed by atoms with Gasteiger partial charge in [0.2, 0.25) is 5.95 Å². The predicted molar refractivity (Wildman–Crippen MR) is 118 cm³/mol. The topological polar surface area (TPSA) is 85.9 Å². The lowest BCUT2D eigenvalue weighted by Crippen LogP contribution is -2.57. The number of likely N-dealkylation sites (tertiary alicyclic amines) is 1. The number of nitrogens with zero attached hydrogens (tertiary/aromatic N) is 6. The minimum absolute atomic E-state index is 0.0116. The van der Waals surface area contributed by atoms with Crippen molar-refractivity contribution in [2.75, 3.05) is 36.4 Å². The molecule has 2 fully saturated rings. The molecule has 0 bridgehead atoms. The second-order valence-electron chi connectivity index (χ2n) is 8.96. The number of pyridine rings is 1. The van der Waals surface area contributed by atoms with E-state index in [9.17, 15) is 22.0 Å². The van der Waals surface area contributed by atoms with Crippen LogP contribution in [0.1, 0.15) is 35.1 Å². The molecule has 0 aromatic carbocycles. The molecule has 2 aliphatic heterocycles. The largest absolute Gasteiger partial charge is 0.416 e. The number of rotatable bonds is 6. The van der Waals surface area contributed by atoms with Gasteiger partial charge in [-0.25, -0.2) is 23.7 Å². The molecule has 0 spiro atoms.